The zero-order valence-electron chi connectivity index (χ0n) is 14.6. The molecular weight excluding hydrogens is 361 g/mol. The molecule has 2 rings (SSSR count). The second-order valence-electron chi connectivity index (χ2n) is 5.76. The highest BCUT2D eigenvalue weighted by atomic mass is 35.5. The maximum atomic E-state index is 13.0. The summed E-state index contributed by atoms with van der Waals surface area (Å²) in [6.45, 7) is 4.84. The van der Waals surface area contributed by atoms with Crippen molar-refractivity contribution in [1.29, 1.82) is 0 Å². The average molecular weight is 380 g/mol. The van der Waals surface area contributed by atoms with Gasteiger partial charge in [-0.25, -0.2) is 9.18 Å². The summed E-state index contributed by atoms with van der Waals surface area (Å²) < 4.78 is 23.6. The van der Waals surface area contributed by atoms with E-state index in [1.165, 1.54) is 13.0 Å². The minimum Gasteiger partial charge on any atom is -0.481 e. The maximum Gasteiger partial charge on any atom is 0.344 e. The van der Waals surface area contributed by atoms with E-state index >= 15 is 0 Å². The molecule has 0 saturated carbocycles. The number of aryl methyl sites for hydroxylation is 2. The van der Waals surface area contributed by atoms with Gasteiger partial charge in [0.15, 0.2) is 12.7 Å². The minimum atomic E-state index is -1.06. The SMILES string of the molecule is Cc1cccc(C)c1OCC(=O)O[C@H](C)C(=O)Nc1ccc(F)cc1Cl. The molecule has 0 heterocycles. The van der Waals surface area contributed by atoms with Gasteiger partial charge in [0.2, 0.25) is 0 Å². The molecule has 0 bridgehead atoms. The van der Waals surface area contributed by atoms with Crippen molar-refractivity contribution in [2.45, 2.75) is 26.9 Å². The Morgan fingerprint density at radius 3 is 2.46 bits per heavy atom. The van der Waals surface area contributed by atoms with Crippen molar-refractivity contribution in [2.75, 3.05) is 11.9 Å². The number of anilines is 1. The number of rotatable bonds is 6. The maximum absolute atomic E-state index is 13.0. The van der Waals surface area contributed by atoms with Crippen molar-refractivity contribution in [3.05, 3.63) is 58.4 Å². The highest BCUT2D eigenvalue weighted by Crippen LogP contribution is 2.23. The van der Waals surface area contributed by atoms with Gasteiger partial charge in [-0.3, -0.25) is 4.79 Å². The Morgan fingerprint density at radius 2 is 1.85 bits per heavy atom. The number of carbonyl (C=O) groups excluding carboxylic acids is 2. The summed E-state index contributed by atoms with van der Waals surface area (Å²) in [4.78, 5) is 24.0. The summed E-state index contributed by atoms with van der Waals surface area (Å²) in [6, 6.07) is 9.20. The van der Waals surface area contributed by atoms with E-state index < -0.39 is 23.8 Å². The van der Waals surface area contributed by atoms with Gasteiger partial charge in [-0.2, -0.15) is 0 Å². The number of para-hydroxylation sites is 1. The van der Waals surface area contributed by atoms with Gasteiger partial charge in [0.25, 0.3) is 5.91 Å². The average Bonchev–Trinajstić information content (AvgIpc) is 2.56. The number of ether oxygens (including phenoxy) is 2. The predicted molar refractivity (Wildman–Crippen MR) is 97.0 cm³/mol. The molecule has 5 nitrogen and oxygen atoms in total. The van der Waals surface area contributed by atoms with Crippen LogP contribution < -0.4 is 10.1 Å². The van der Waals surface area contributed by atoms with E-state index in [2.05, 4.69) is 5.32 Å². The van der Waals surface area contributed by atoms with E-state index in [9.17, 15) is 14.0 Å². The fourth-order valence-corrected chi connectivity index (χ4v) is 2.48. The van der Waals surface area contributed by atoms with Crippen LogP contribution in [0.1, 0.15) is 18.1 Å². The Balaban J connectivity index is 1.89. The number of carbonyl (C=O) groups is 2. The van der Waals surface area contributed by atoms with Crippen LogP contribution in [0.15, 0.2) is 36.4 Å². The van der Waals surface area contributed by atoms with Gasteiger partial charge >= 0.3 is 5.97 Å². The monoisotopic (exact) mass is 379 g/mol. The Hall–Kier alpha value is -2.60. The van der Waals surface area contributed by atoms with E-state index in [1.807, 2.05) is 32.0 Å². The number of hydrogen-bond acceptors (Lipinski definition) is 4. The molecule has 0 spiro atoms. The first-order valence-corrected chi connectivity index (χ1v) is 8.30. The second kappa shape index (κ2) is 8.67. The van der Waals surface area contributed by atoms with Crippen LogP contribution in [0.2, 0.25) is 5.02 Å². The van der Waals surface area contributed by atoms with Gasteiger partial charge in [-0.1, -0.05) is 29.8 Å². The summed E-state index contributed by atoms with van der Waals surface area (Å²) in [7, 11) is 0. The number of esters is 1. The number of halogens is 2. The lowest BCUT2D eigenvalue weighted by molar-refractivity contribution is -0.155. The summed E-state index contributed by atoms with van der Waals surface area (Å²) in [5, 5.41) is 2.53. The molecule has 1 N–H and O–H groups in total. The zero-order valence-corrected chi connectivity index (χ0v) is 15.4. The van der Waals surface area contributed by atoms with Crippen molar-refractivity contribution < 1.29 is 23.5 Å². The quantitative estimate of drug-likeness (QED) is 0.769. The van der Waals surface area contributed by atoms with Gasteiger partial charge in [0.1, 0.15) is 11.6 Å². The van der Waals surface area contributed by atoms with E-state index in [1.54, 1.807) is 0 Å². The molecule has 7 heteroatoms. The lowest BCUT2D eigenvalue weighted by atomic mass is 10.1. The van der Waals surface area contributed by atoms with Gasteiger partial charge in [0.05, 0.1) is 10.7 Å². The predicted octanol–water partition coefficient (Wildman–Crippen LogP) is 4.05. The van der Waals surface area contributed by atoms with Crippen molar-refractivity contribution >= 4 is 29.2 Å². The molecule has 0 aliphatic heterocycles. The lowest BCUT2D eigenvalue weighted by Crippen LogP contribution is -2.31. The molecule has 26 heavy (non-hydrogen) atoms. The molecule has 138 valence electrons. The highest BCUT2D eigenvalue weighted by molar-refractivity contribution is 6.33. The zero-order chi connectivity index (χ0) is 19.3. The molecule has 0 unspecified atom stereocenters. The Labute approximate surface area is 156 Å². The highest BCUT2D eigenvalue weighted by Gasteiger charge is 2.19. The van der Waals surface area contributed by atoms with Crippen LogP contribution in [0, 0.1) is 19.7 Å². The van der Waals surface area contributed by atoms with Crippen molar-refractivity contribution in [2.24, 2.45) is 0 Å². The largest absolute Gasteiger partial charge is 0.481 e. The van der Waals surface area contributed by atoms with Gasteiger partial charge in [-0.05, 0) is 50.1 Å². The van der Waals surface area contributed by atoms with Crippen LogP contribution in [-0.2, 0) is 14.3 Å². The molecule has 2 aromatic carbocycles. The molecule has 0 saturated heterocycles. The summed E-state index contributed by atoms with van der Waals surface area (Å²) in [5.74, 6) is -1.17. The van der Waals surface area contributed by atoms with Crippen LogP contribution in [0.25, 0.3) is 0 Å². The van der Waals surface area contributed by atoms with Crippen LogP contribution in [-0.4, -0.2) is 24.6 Å². The summed E-state index contributed by atoms with van der Waals surface area (Å²) >= 11 is 5.85. The third-order valence-electron chi connectivity index (χ3n) is 3.61. The normalized spacial score (nSPS) is 11.6. The standard InChI is InChI=1S/C19H19ClFNO4/c1-11-5-4-6-12(2)18(11)25-10-17(23)26-13(3)19(24)22-16-8-7-14(21)9-15(16)20/h4-9,13H,10H2,1-3H3,(H,22,24)/t13-/m1/s1. The van der Waals surface area contributed by atoms with E-state index in [0.717, 1.165) is 23.3 Å². The molecule has 0 fully saturated rings. The Morgan fingerprint density at radius 1 is 1.19 bits per heavy atom. The summed E-state index contributed by atoms with van der Waals surface area (Å²) in [5.41, 5.74) is 2.02. The first-order chi connectivity index (χ1) is 12.3. The molecule has 0 aromatic heterocycles. The van der Waals surface area contributed by atoms with Gasteiger partial charge < -0.3 is 14.8 Å². The fourth-order valence-electron chi connectivity index (χ4n) is 2.27. The van der Waals surface area contributed by atoms with Crippen LogP contribution in [0.3, 0.4) is 0 Å². The molecule has 2 aromatic rings. The van der Waals surface area contributed by atoms with E-state index in [0.29, 0.717) is 5.75 Å². The number of amides is 1. The van der Waals surface area contributed by atoms with Gasteiger partial charge in [0, 0.05) is 0 Å². The van der Waals surface area contributed by atoms with Crippen molar-refractivity contribution in [3.63, 3.8) is 0 Å². The lowest BCUT2D eigenvalue weighted by Gasteiger charge is -2.15. The third kappa shape index (κ3) is 5.20. The van der Waals surface area contributed by atoms with E-state index in [4.69, 9.17) is 21.1 Å². The molecule has 0 radical (unpaired) electrons. The number of nitrogens with one attached hydrogen (secondary N) is 1. The van der Waals surface area contributed by atoms with Crippen LogP contribution in [0.5, 0.6) is 5.75 Å². The van der Waals surface area contributed by atoms with E-state index in [-0.39, 0.29) is 17.3 Å². The molecule has 1 amide bonds. The molecular formula is C19H19ClFNO4. The summed E-state index contributed by atoms with van der Waals surface area (Å²) in [6.07, 6.45) is -1.06. The second-order valence-corrected chi connectivity index (χ2v) is 6.16. The first kappa shape index (κ1) is 19.7. The minimum absolute atomic E-state index is 0.0511. The Bertz CT molecular complexity index is 805. The smallest absolute Gasteiger partial charge is 0.344 e. The Kier molecular flexibility index (Phi) is 6.58. The van der Waals surface area contributed by atoms with Crippen LogP contribution in [0.4, 0.5) is 10.1 Å². The van der Waals surface area contributed by atoms with Crippen molar-refractivity contribution in [3.8, 4) is 5.75 Å². The molecule has 0 aliphatic carbocycles. The molecule has 1 atom stereocenters. The number of hydrogen-bond donors (Lipinski definition) is 1. The fraction of sp³-hybridized carbons (Fsp3) is 0.263. The van der Waals surface area contributed by atoms with Crippen molar-refractivity contribution in [1.82, 2.24) is 0 Å². The molecule has 0 aliphatic rings. The third-order valence-corrected chi connectivity index (χ3v) is 3.92. The van der Waals surface area contributed by atoms with Crippen LogP contribution >= 0.6 is 11.6 Å². The first-order valence-electron chi connectivity index (χ1n) is 7.92. The number of benzene rings is 2. The van der Waals surface area contributed by atoms with Gasteiger partial charge in [-0.15, -0.1) is 0 Å². The topological polar surface area (TPSA) is 64.6 Å².